The number of alkyl carbamates (subject to hydrolysis) is 1. The zero-order chi connectivity index (χ0) is 23.2. The lowest BCUT2D eigenvalue weighted by Gasteiger charge is -2.33. The molecule has 0 saturated heterocycles. The van der Waals surface area contributed by atoms with Gasteiger partial charge in [-0.2, -0.15) is 0 Å². The maximum absolute atomic E-state index is 12.7. The highest BCUT2D eigenvalue weighted by Gasteiger charge is 2.32. The SMILES string of the molecule is O=C(O)CCCNC(=O)CC(NC(=O)OCC1c2ccccc2-c2ccccc21)C1CCC1. The Morgan fingerprint density at radius 1 is 1.00 bits per heavy atom. The Hall–Kier alpha value is -3.35. The van der Waals surface area contributed by atoms with Crippen LogP contribution in [0.1, 0.15) is 55.6 Å². The highest BCUT2D eigenvalue weighted by molar-refractivity contribution is 5.79. The maximum Gasteiger partial charge on any atom is 0.407 e. The number of ether oxygens (including phenoxy) is 1. The van der Waals surface area contributed by atoms with E-state index in [1.165, 1.54) is 11.1 Å². The van der Waals surface area contributed by atoms with E-state index >= 15 is 0 Å². The fourth-order valence-corrected chi connectivity index (χ4v) is 4.71. The summed E-state index contributed by atoms with van der Waals surface area (Å²) in [6.45, 7) is 0.548. The molecule has 4 rings (SSSR count). The molecule has 33 heavy (non-hydrogen) atoms. The summed E-state index contributed by atoms with van der Waals surface area (Å²) in [6, 6.07) is 16.1. The average Bonchev–Trinajstić information content (AvgIpc) is 3.08. The fraction of sp³-hybridized carbons (Fsp3) is 0.423. The summed E-state index contributed by atoms with van der Waals surface area (Å²) < 4.78 is 5.65. The van der Waals surface area contributed by atoms with Crippen molar-refractivity contribution in [2.75, 3.05) is 13.2 Å². The van der Waals surface area contributed by atoms with Crippen LogP contribution in [0.4, 0.5) is 4.79 Å². The fourth-order valence-electron chi connectivity index (χ4n) is 4.71. The van der Waals surface area contributed by atoms with Crippen molar-refractivity contribution in [2.45, 2.75) is 50.5 Å². The Morgan fingerprint density at radius 3 is 2.21 bits per heavy atom. The van der Waals surface area contributed by atoms with Crippen molar-refractivity contribution >= 4 is 18.0 Å². The van der Waals surface area contributed by atoms with E-state index in [0.717, 1.165) is 30.4 Å². The lowest BCUT2D eigenvalue weighted by atomic mass is 9.78. The van der Waals surface area contributed by atoms with Crippen molar-refractivity contribution in [1.82, 2.24) is 10.6 Å². The van der Waals surface area contributed by atoms with Gasteiger partial charge in [-0.05, 0) is 47.4 Å². The summed E-state index contributed by atoms with van der Waals surface area (Å²) in [7, 11) is 0. The minimum absolute atomic E-state index is 0.0113. The first-order valence-corrected chi connectivity index (χ1v) is 11.6. The number of nitrogens with one attached hydrogen (secondary N) is 2. The van der Waals surface area contributed by atoms with Gasteiger partial charge in [0.15, 0.2) is 0 Å². The van der Waals surface area contributed by atoms with Crippen LogP contribution in [0, 0.1) is 5.92 Å². The number of carboxylic acids is 1. The molecule has 2 aliphatic carbocycles. The molecule has 1 saturated carbocycles. The van der Waals surface area contributed by atoms with E-state index in [1.54, 1.807) is 0 Å². The summed E-state index contributed by atoms with van der Waals surface area (Å²) >= 11 is 0. The van der Waals surface area contributed by atoms with Crippen LogP contribution in [-0.4, -0.2) is 42.3 Å². The van der Waals surface area contributed by atoms with Crippen LogP contribution in [0.25, 0.3) is 11.1 Å². The van der Waals surface area contributed by atoms with Gasteiger partial charge in [0.05, 0.1) is 0 Å². The predicted octanol–water partition coefficient (Wildman–Crippen LogP) is 4.06. The molecular weight excluding hydrogens is 420 g/mol. The molecule has 0 spiro atoms. The first-order chi connectivity index (χ1) is 16.0. The van der Waals surface area contributed by atoms with Gasteiger partial charge in [0.1, 0.15) is 6.61 Å². The number of hydrogen-bond acceptors (Lipinski definition) is 4. The van der Waals surface area contributed by atoms with Crippen LogP contribution in [0.3, 0.4) is 0 Å². The number of hydrogen-bond donors (Lipinski definition) is 3. The van der Waals surface area contributed by atoms with Crippen LogP contribution in [-0.2, 0) is 14.3 Å². The average molecular weight is 451 g/mol. The van der Waals surface area contributed by atoms with E-state index < -0.39 is 12.1 Å². The normalized spacial score (nSPS) is 15.6. The first-order valence-electron chi connectivity index (χ1n) is 11.6. The Labute approximate surface area is 193 Å². The van der Waals surface area contributed by atoms with Gasteiger partial charge >= 0.3 is 12.1 Å². The minimum Gasteiger partial charge on any atom is -0.481 e. The molecule has 2 aromatic rings. The molecule has 1 atom stereocenters. The number of amides is 2. The monoisotopic (exact) mass is 450 g/mol. The Bertz CT molecular complexity index is 972. The molecule has 1 unspecified atom stereocenters. The topological polar surface area (TPSA) is 105 Å². The van der Waals surface area contributed by atoms with Crippen molar-refractivity contribution in [1.29, 1.82) is 0 Å². The van der Waals surface area contributed by atoms with E-state index in [-0.39, 0.29) is 43.2 Å². The van der Waals surface area contributed by atoms with Gasteiger partial charge in [0.25, 0.3) is 0 Å². The second kappa shape index (κ2) is 10.5. The third-order valence-corrected chi connectivity index (χ3v) is 6.66. The second-order valence-corrected chi connectivity index (χ2v) is 8.82. The number of carbonyl (C=O) groups excluding carboxylic acids is 2. The van der Waals surface area contributed by atoms with Gasteiger partial charge in [0, 0.05) is 31.3 Å². The van der Waals surface area contributed by atoms with Gasteiger partial charge in [-0.25, -0.2) is 4.79 Å². The summed E-state index contributed by atoms with van der Waals surface area (Å²) in [5.74, 6) is -0.817. The summed E-state index contributed by atoms with van der Waals surface area (Å²) in [5, 5.41) is 14.4. The molecule has 0 bridgehead atoms. The summed E-state index contributed by atoms with van der Waals surface area (Å²) in [4.78, 5) is 35.6. The third-order valence-electron chi connectivity index (χ3n) is 6.66. The van der Waals surface area contributed by atoms with E-state index in [4.69, 9.17) is 9.84 Å². The van der Waals surface area contributed by atoms with E-state index in [1.807, 2.05) is 24.3 Å². The molecule has 1 fully saturated rings. The zero-order valence-corrected chi connectivity index (χ0v) is 18.6. The molecule has 2 amide bonds. The van der Waals surface area contributed by atoms with Crippen LogP contribution >= 0.6 is 0 Å². The predicted molar refractivity (Wildman–Crippen MR) is 124 cm³/mol. The van der Waals surface area contributed by atoms with Crippen molar-refractivity contribution in [3.05, 3.63) is 59.7 Å². The van der Waals surface area contributed by atoms with Crippen molar-refractivity contribution in [2.24, 2.45) is 5.92 Å². The Morgan fingerprint density at radius 2 is 1.64 bits per heavy atom. The molecular formula is C26H30N2O5. The second-order valence-electron chi connectivity index (χ2n) is 8.82. The van der Waals surface area contributed by atoms with Gasteiger partial charge in [0.2, 0.25) is 5.91 Å². The van der Waals surface area contributed by atoms with Gasteiger partial charge < -0.3 is 20.5 Å². The van der Waals surface area contributed by atoms with E-state index in [0.29, 0.717) is 13.0 Å². The summed E-state index contributed by atoms with van der Waals surface area (Å²) in [5.41, 5.74) is 4.66. The van der Waals surface area contributed by atoms with Crippen molar-refractivity contribution in [3.8, 4) is 11.1 Å². The Balaban J connectivity index is 1.32. The highest BCUT2D eigenvalue weighted by Crippen LogP contribution is 2.44. The van der Waals surface area contributed by atoms with Crippen LogP contribution in [0.2, 0.25) is 0 Å². The molecule has 0 aliphatic heterocycles. The standard InChI is InChI=1S/C26H30N2O5/c29-24(27-14-6-13-25(30)31)15-23(17-7-5-8-17)28-26(32)33-16-22-20-11-3-1-9-18(20)19-10-2-4-12-21(19)22/h1-4,9-12,17,22-23H,5-8,13-16H2,(H,27,29)(H,28,32)(H,30,31). The Kier molecular flexibility index (Phi) is 7.27. The van der Waals surface area contributed by atoms with Crippen molar-refractivity contribution in [3.63, 3.8) is 0 Å². The zero-order valence-electron chi connectivity index (χ0n) is 18.6. The lowest BCUT2D eigenvalue weighted by Crippen LogP contribution is -2.46. The van der Waals surface area contributed by atoms with Gasteiger partial charge in [-0.1, -0.05) is 55.0 Å². The van der Waals surface area contributed by atoms with Crippen LogP contribution in [0.15, 0.2) is 48.5 Å². The number of fused-ring (bicyclic) bond motifs is 3. The number of benzene rings is 2. The third kappa shape index (κ3) is 5.53. The van der Waals surface area contributed by atoms with Gasteiger partial charge in [-0.15, -0.1) is 0 Å². The van der Waals surface area contributed by atoms with E-state index in [9.17, 15) is 14.4 Å². The largest absolute Gasteiger partial charge is 0.481 e. The van der Waals surface area contributed by atoms with Crippen LogP contribution in [0.5, 0.6) is 0 Å². The molecule has 7 heteroatoms. The molecule has 0 radical (unpaired) electrons. The van der Waals surface area contributed by atoms with Crippen molar-refractivity contribution < 1.29 is 24.2 Å². The minimum atomic E-state index is -0.881. The molecule has 0 aromatic heterocycles. The lowest BCUT2D eigenvalue weighted by molar-refractivity contribution is -0.137. The molecule has 7 nitrogen and oxygen atoms in total. The number of carbonyl (C=O) groups is 3. The molecule has 2 aliphatic rings. The molecule has 174 valence electrons. The summed E-state index contributed by atoms with van der Waals surface area (Å²) in [6.07, 6.45) is 3.10. The molecule has 2 aromatic carbocycles. The maximum atomic E-state index is 12.7. The molecule has 0 heterocycles. The van der Waals surface area contributed by atoms with E-state index in [2.05, 4.69) is 34.9 Å². The molecule has 3 N–H and O–H groups in total. The smallest absolute Gasteiger partial charge is 0.407 e. The van der Waals surface area contributed by atoms with Gasteiger partial charge in [-0.3, -0.25) is 9.59 Å². The van der Waals surface area contributed by atoms with Crippen LogP contribution < -0.4 is 10.6 Å². The first kappa shape index (κ1) is 22.8. The number of aliphatic carboxylic acids is 1. The number of rotatable bonds is 10. The highest BCUT2D eigenvalue weighted by atomic mass is 16.5. The quantitative estimate of drug-likeness (QED) is 0.474. The number of carboxylic acid groups (broad SMARTS) is 1.